The Morgan fingerprint density at radius 3 is 2.35 bits per heavy atom. The van der Waals surface area contributed by atoms with Crippen LogP contribution in [-0.4, -0.2) is 51.0 Å². The maximum absolute atomic E-state index is 13.1. The number of benzene rings is 1. The quantitative estimate of drug-likeness (QED) is 0.508. The maximum atomic E-state index is 13.1. The summed E-state index contributed by atoms with van der Waals surface area (Å²) in [5.41, 5.74) is 0.650. The summed E-state index contributed by atoms with van der Waals surface area (Å²) >= 11 is 7.65. The third-order valence-electron chi connectivity index (χ3n) is 5.34. The third kappa shape index (κ3) is 5.03. The number of hydrogen-bond acceptors (Lipinski definition) is 6. The van der Waals surface area contributed by atoms with Crippen molar-refractivity contribution in [1.82, 2.24) is 9.88 Å². The monoisotopic (exact) mass is 476 g/mol. The Hall–Kier alpha value is -2.13. The number of para-hydroxylation sites is 1. The number of hydrogen-bond donors (Lipinski definition) is 0. The SMILES string of the molecule is CCN(c1ccccc1)S(=O)(=O)c1ccc(N2CCN(Cc3ccc(Cl)s3)CC2)nc1. The summed E-state index contributed by atoms with van der Waals surface area (Å²) in [6.07, 6.45) is 1.47. The first kappa shape index (κ1) is 22.1. The Kier molecular flexibility index (Phi) is 6.81. The lowest BCUT2D eigenvalue weighted by Gasteiger charge is -2.35. The van der Waals surface area contributed by atoms with Crippen LogP contribution in [0.5, 0.6) is 0 Å². The molecule has 0 saturated carbocycles. The fourth-order valence-electron chi connectivity index (χ4n) is 3.72. The predicted octanol–water partition coefficient (Wildman–Crippen LogP) is 4.33. The van der Waals surface area contributed by atoms with Gasteiger partial charge < -0.3 is 4.90 Å². The van der Waals surface area contributed by atoms with Crippen LogP contribution < -0.4 is 9.21 Å². The summed E-state index contributed by atoms with van der Waals surface area (Å²) in [5.74, 6) is 0.806. The van der Waals surface area contributed by atoms with Crippen molar-refractivity contribution in [3.05, 3.63) is 70.0 Å². The predicted molar refractivity (Wildman–Crippen MR) is 128 cm³/mol. The van der Waals surface area contributed by atoms with E-state index in [9.17, 15) is 8.42 Å². The highest BCUT2D eigenvalue weighted by Crippen LogP contribution is 2.25. The highest BCUT2D eigenvalue weighted by Gasteiger charge is 2.25. The number of rotatable bonds is 7. The molecule has 0 spiro atoms. The molecule has 3 heterocycles. The van der Waals surface area contributed by atoms with Crippen molar-refractivity contribution >= 4 is 44.5 Å². The molecule has 2 aromatic heterocycles. The van der Waals surface area contributed by atoms with Crippen LogP contribution in [0.15, 0.2) is 65.7 Å². The number of halogens is 1. The van der Waals surface area contributed by atoms with Gasteiger partial charge in [-0.3, -0.25) is 9.21 Å². The number of nitrogens with zero attached hydrogens (tertiary/aromatic N) is 4. The average Bonchev–Trinajstić information content (AvgIpc) is 3.20. The number of piperazine rings is 1. The molecule has 0 atom stereocenters. The minimum Gasteiger partial charge on any atom is -0.354 e. The molecule has 1 saturated heterocycles. The molecule has 0 N–H and O–H groups in total. The normalized spacial score (nSPS) is 15.2. The van der Waals surface area contributed by atoms with Crippen LogP contribution in [0.25, 0.3) is 0 Å². The molecule has 4 rings (SSSR count). The second kappa shape index (κ2) is 9.56. The van der Waals surface area contributed by atoms with Gasteiger partial charge in [-0.1, -0.05) is 29.8 Å². The minimum atomic E-state index is -3.66. The lowest BCUT2D eigenvalue weighted by Crippen LogP contribution is -2.46. The molecular weight excluding hydrogens is 452 g/mol. The molecule has 6 nitrogen and oxygen atoms in total. The zero-order chi connectivity index (χ0) is 21.8. The molecule has 1 fully saturated rings. The lowest BCUT2D eigenvalue weighted by atomic mass is 10.3. The Labute approximate surface area is 192 Å². The third-order valence-corrected chi connectivity index (χ3v) is 8.45. The van der Waals surface area contributed by atoms with E-state index in [0.717, 1.165) is 42.9 Å². The van der Waals surface area contributed by atoms with Gasteiger partial charge in [0.15, 0.2) is 0 Å². The van der Waals surface area contributed by atoms with Crippen molar-refractivity contribution in [2.24, 2.45) is 0 Å². The molecule has 3 aromatic rings. The first-order valence-corrected chi connectivity index (χ1v) is 12.9. The molecule has 0 aliphatic carbocycles. The van der Waals surface area contributed by atoms with Crippen molar-refractivity contribution in [3.63, 3.8) is 0 Å². The van der Waals surface area contributed by atoms with E-state index < -0.39 is 10.0 Å². The fourth-order valence-corrected chi connectivity index (χ4v) is 6.27. The number of aromatic nitrogens is 1. The molecule has 1 aliphatic heterocycles. The van der Waals surface area contributed by atoms with E-state index in [-0.39, 0.29) is 4.90 Å². The van der Waals surface area contributed by atoms with Crippen LogP contribution in [0.2, 0.25) is 4.34 Å². The van der Waals surface area contributed by atoms with Gasteiger partial charge in [-0.15, -0.1) is 11.3 Å². The van der Waals surface area contributed by atoms with Crippen molar-refractivity contribution in [3.8, 4) is 0 Å². The summed E-state index contributed by atoms with van der Waals surface area (Å²) in [6, 6.07) is 16.6. The van der Waals surface area contributed by atoms with Crippen LogP contribution in [0.3, 0.4) is 0 Å². The van der Waals surface area contributed by atoms with E-state index in [1.54, 1.807) is 35.6 Å². The average molecular weight is 477 g/mol. The van der Waals surface area contributed by atoms with E-state index in [1.807, 2.05) is 31.2 Å². The number of sulfonamides is 1. The van der Waals surface area contributed by atoms with Gasteiger partial charge in [-0.05, 0) is 43.3 Å². The molecule has 0 bridgehead atoms. The Morgan fingerprint density at radius 2 is 1.77 bits per heavy atom. The first-order chi connectivity index (χ1) is 15.0. The standard InChI is InChI=1S/C22H25ClN4O2S2/c1-2-27(18-6-4-3-5-7-18)31(28,29)20-9-11-22(24-16-20)26-14-12-25(13-15-26)17-19-8-10-21(23)30-19/h3-11,16H,2,12-15,17H2,1H3. The number of pyridine rings is 1. The summed E-state index contributed by atoms with van der Waals surface area (Å²) in [7, 11) is -3.66. The Morgan fingerprint density at radius 1 is 1.03 bits per heavy atom. The van der Waals surface area contributed by atoms with E-state index in [0.29, 0.717) is 12.2 Å². The summed E-state index contributed by atoms with van der Waals surface area (Å²) < 4.78 is 28.5. The van der Waals surface area contributed by atoms with Gasteiger partial charge in [-0.25, -0.2) is 13.4 Å². The fraction of sp³-hybridized carbons (Fsp3) is 0.318. The van der Waals surface area contributed by atoms with Gasteiger partial charge in [0.05, 0.1) is 10.0 Å². The van der Waals surface area contributed by atoms with Gasteiger partial charge in [0, 0.05) is 50.3 Å². The van der Waals surface area contributed by atoms with Crippen molar-refractivity contribution in [1.29, 1.82) is 0 Å². The van der Waals surface area contributed by atoms with Gasteiger partial charge >= 0.3 is 0 Å². The molecule has 0 amide bonds. The lowest BCUT2D eigenvalue weighted by molar-refractivity contribution is 0.251. The van der Waals surface area contributed by atoms with E-state index >= 15 is 0 Å². The summed E-state index contributed by atoms with van der Waals surface area (Å²) in [5, 5.41) is 0. The zero-order valence-corrected chi connectivity index (χ0v) is 19.7. The smallest absolute Gasteiger partial charge is 0.265 e. The number of anilines is 2. The second-order valence-corrected chi connectivity index (χ2v) is 11.0. The van der Waals surface area contributed by atoms with E-state index in [2.05, 4.69) is 20.9 Å². The number of thiophene rings is 1. The summed E-state index contributed by atoms with van der Waals surface area (Å²) in [6.45, 7) is 6.64. The zero-order valence-electron chi connectivity index (χ0n) is 17.3. The molecule has 31 heavy (non-hydrogen) atoms. The molecule has 1 aromatic carbocycles. The molecule has 164 valence electrons. The highest BCUT2D eigenvalue weighted by atomic mass is 35.5. The van der Waals surface area contributed by atoms with Crippen LogP contribution in [0, 0.1) is 0 Å². The molecule has 1 aliphatic rings. The maximum Gasteiger partial charge on any atom is 0.265 e. The van der Waals surface area contributed by atoms with Crippen molar-refractivity contribution in [2.75, 3.05) is 41.9 Å². The van der Waals surface area contributed by atoms with Crippen LogP contribution in [0.4, 0.5) is 11.5 Å². The van der Waals surface area contributed by atoms with Gasteiger partial charge in [-0.2, -0.15) is 0 Å². The molecule has 9 heteroatoms. The minimum absolute atomic E-state index is 0.204. The van der Waals surface area contributed by atoms with Crippen LogP contribution >= 0.6 is 22.9 Å². The van der Waals surface area contributed by atoms with Crippen molar-refractivity contribution in [2.45, 2.75) is 18.4 Å². The first-order valence-electron chi connectivity index (χ1n) is 10.2. The van der Waals surface area contributed by atoms with Crippen LogP contribution in [0.1, 0.15) is 11.8 Å². The van der Waals surface area contributed by atoms with E-state index in [1.165, 1.54) is 15.4 Å². The molecule has 0 radical (unpaired) electrons. The summed E-state index contributed by atoms with van der Waals surface area (Å²) in [4.78, 5) is 10.5. The Bertz CT molecular complexity index is 1100. The topological polar surface area (TPSA) is 56.8 Å². The highest BCUT2D eigenvalue weighted by molar-refractivity contribution is 7.92. The molecule has 0 unspecified atom stereocenters. The second-order valence-electron chi connectivity index (χ2n) is 7.33. The van der Waals surface area contributed by atoms with Crippen LogP contribution in [-0.2, 0) is 16.6 Å². The van der Waals surface area contributed by atoms with Gasteiger partial charge in [0.2, 0.25) is 0 Å². The molecular formula is C22H25ClN4O2S2. The van der Waals surface area contributed by atoms with Crippen molar-refractivity contribution < 1.29 is 8.42 Å². The Balaban J connectivity index is 1.41. The largest absolute Gasteiger partial charge is 0.354 e. The van der Waals surface area contributed by atoms with Gasteiger partial charge in [0.1, 0.15) is 10.7 Å². The van der Waals surface area contributed by atoms with E-state index in [4.69, 9.17) is 11.6 Å². The van der Waals surface area contributed by atoms with Gasteiger partial charge in [0.25, 0.3) is 10.0 Å².